The van der Waals surface area contributed by atoms with Crippen LogP contribution in [-0.2, 0) is 9.53 Å². The molecule has 1 rings (SSSR count). The Kier molecular flexibility index (Phi) is 4.10. The summed E-state index contributed by atoms with van der Waals surface area (Å²) in [5.74, 6) is -0.320. The lowest BCUT2D eigenvalue weighted by Crippen LogP contribution is -2.22. The summed E-state index contributed by atoms with van der Waals surface area (Å²) < 4.78 is 5.00. The Labute approximate surface area is 83.2 Å². The highest BCUT2D eigenvalue weighted by Crippen LogP contribution is 2.10. The lowest BCUT2D eigenvalue weighted by atomic mass is 10.1. The molecule has 0 aromatic carbocycles. The maximum atomic E-state index is 11.1. The van der Waals surface area contributed by atoms with Crippen LogP contribution in [0.4, 0.5) is 0 Å². The smallest absolute Gasteiger partial charge is 0.306 e. The van der Waals surface area contributed by atoms with E-state index in [0.29, 0.717) is 12.8 Å². The fourth-order valence-electron chi connectivity index (χ4n) is 1.37. The zero-order chi connectivity index (χ0) is 10.6. The van der Waals surface area contributed by atoms with E-state index in [4.69, 9.17) is 4.74 Å². The van der Waals surface area contributed by atoms with Gasteiger partial charge in [-0.15, -0.1) is 0 Å². The van der Waals surface area contributed by atoms with Gasteiger partial charge in [0.05, 0.1) is 12.2 Å². The normalized spacial score (nSPS) is 37.4. The van der Waals surface area contributed by atoms with E-state index in [1.54, 1.807) is 13.0 Å². The summed E-state index contributed by atoms with van der Waals surface area (Å²) in [6.07, 6.45) is 2.37. The van der Waals surface area contributed by atoms with Crippen molar-refractivity contribution in [2.24, 2.45) is 0 Å². The molecule has 0 aliphatic carbocycles. The van der Waals surface area contributed by atoms with Crippen LogP contribution in [0.15, 0.2) is 12.2 Å². The van der Waals surface area contributed by atoms with E-state index in [9.17, 15) is 15.0 Å². The van der Waals surface area contributed by atoms with Gasteiger partial charge in [0.2, 0.25) is 0 Å². The van der Waals surface area contributed by atoms with Crippen molar-refractivity contribution in [1.82, 2.24) is 0 Å². The highest BCUT2D eigenvalue weighted by molar-refractivity contribution is 5.69. The number of esters is 1. The van der Waals surface area contributed by atoms with E-state index >= 15 is 0 Å². The number of carbonyl (C=O) groups is 1. The van der Waals surface area contributed by atoms with Gasteiger partial charge in [0.15, 0.2) is 0 Å². The molecule has 4 nitrogen and oxygen atoms in total. The maximum Gasteiger partial charge on any atom is 0.306 e. The largest absolute Gasteiger partial charge is 0.463 e. The highest BCUT2D eigenvalue weighted by Gasteiger charge is 2.16. The first kappa shape index (κ1) is 11.2. The minimum Gasteiger partial charge on any atom is -0.463 e. The second kappa shape index (κ2) is 5.12. The van der Waals surface area contributed by atoms with Gasteiger partial charge in [0.25, 0.3) is 0 Å². The molecule has 1 aliphatic rings. The molecule has 1 heterocycles. The molecule has 0 spiro atoms. The monoisotopic (exact) mass is 200 g/mol. The van der Waals surface area contributed by atoms with Gasteiger partial charge in [0.1, 0.15) is 6.10 Å². The van der Waals surface area contributed by atoms with Crippen molar-refractivity contribution in [2.45, 2.75) is 44.5 Å². The van der Waals surface area contributed by atoms with Crippen LogP contribution in [0.25, 0.3) is 0 Å². The van der Waals surface area contributed by atoms with E-state index in [2.05, 4.69) is 0 Å². The van der Waals surface area contributed by atoms with Crippen molar-refractivity contribution >= 4 is 5.97 Å². The van der Waals surface area contributed by atoms with Crippen LogP contribution in [0.5, 0.6) is 0 Å². The minimum atomic E-state index is -0.675. The lowest BCUT2D eigenvalue weighted by Gasteiger charge is -2.17. The zero-order valence-electron chi connectivity index (χ0n) is 8.22. The lowest BCUT2D eigenvalue weighted by molar-refractivity contribution is -0.149. The Morgan fingerprint density at radius 3 is 2.71 bits per heavy atom. The molecule has 0 aromatic rings. The maximum absolute atomic E-state index is 11.1. The number of ether oxygens (including phenoxy) is 1. The Hall–Kier alpha value is -0.870. The Morgan fingerprint density at radius 2 is 2.00 bits per heavy atom. The molecule has 0 fully saturated rings. The molecule has 0 saturated heterocycles. The number of rotatable bonds is 0. The standard InChI is InChI=1S/C10H16O4/c1-7-6-9(12)3-2-8(11)4-5-10(13)14-7/h2-3,7-9,11-12H,4-6H2,1H3/b3-2-/t7-,8-,9-/m1/s1. The molecule has 0 amide bonds. The predicted molar refractivity (Wildman–Crippen MR) is 50.6 cm³/mol. The topological polar surface area (TPSA) is 66.8 Å². The second-order valence-electron chi connectivity index (χ2n) is 3.59. The van der Waals surface area contributed by atoms with E-state index in [1.165, 1.54) is 6.08 Å². The molecule has 0 aromatic heterocycles. The van der Waals surface area contributed by atoms with E-state index in [-0.39, 0.29) is 18.5 Å². The summed E-state index contributed by atoms with van der Waals surface area (Å²) in [5, 5.41) is 18.7. The molecule has 14 heavy (non-hydrogen) atoms. The Bertz CT molecular complexity index is 224. The van der Waals surface area contributed by atoms with Crippen molar-refractivity contribution in [1.29, 1.82) is 0 Å². The average molecular weight is 200 g/mol. The molecule has 80 valence electrons. The van der Waals surface area contributed by atoms with Crippen LogP contribution in [0.3, 0.4) is 0 Å². The second-order valence-corrected chi connectivity index (χ2v) is 3.59. The van der Waals surface area contributed by atoms with Crippen molar-refractivity contribution < 1.29 is 19.7 Å². The van der Waals surface area contributed by atoms with Gasteiger partial charge in [-0.25, -0.2) is 0 Å². The Morgan fingerprint density at radius 1 is 1.36 bits per heavy atom. The molecule has 0 saturated carbocycles. The summed E-state index contributed by atoms with van der Waals surface area (Å²) in [6, 6.07) is 0. The third kappa shape index (κ3) is 3.89. The van der Waals surface area contributed by atoms with Crippen molar-refractivity contribution in [3.8, 4) is 0 Å². The van der Waals surface area contributed by atoms with Crippen molar-refractivity contribution in [2.75, 3.05) is 0 Å². The van der Waals surface area contributed by atoms with Crippen LogP contribution in [-0.4, -0.2) is 34.5 Å². The molecule has 3 atom stereocenters. The third-order valence-electron chi connectivity index (χ3n) is 2.11. The van der Waals surface area contributed by atoms with Gasteiger partial charge in [-0.1, -0.05) is 12.2 Å². The van der Waals surface area contributed by atoms with E-state index < -0.39 is 12.2 Å². The van der Waals surface area contributed by atoms with E-state index in [1.807, 2.05) is 0 Å². The van der Waals surface area contributed by atoms with Gasteiger partial charge in [0, 0.05) is 12.8 Å². The van der Waals surface area contributed by atoms with Crippen LogP contribution in [0.1, 0.15) is 26.2 Å². The van der Waals surface area contributed by atoms with Gasteiger partial charge in [-0.05, 0) is 13.3 Å². The number of hydrogen-bond acceptors (Lipinski definition) is 4. The van der Waals surface area contributed by atoms with E-state index in [0.717, 1.165) is 0 Å². The summed E-state index contributed by atoms with van der Waals surface area (Å²) in [4.78, 5) is 11.1. The van der Waals surface area contributed by atoms with Crippen LogP contribution in [0.2, 0.25) is 0 Å². The molecule has 2 N–H and O–H groups in total. The molecule has 0 bridgehead atoms. The molecule has 1 aliphatic heterocycles. The quantitative estimate of drug-likeness (QED) is 0.438. The van der Waals surface area contributed by atoms with Crippen LogP contribution >= 0.6 is 0 Å². The summed E-state index contributed by atoms with van der Waals surface area (Å²) in [6.45, 7) is 1.74. The predicted octanol–water partition coefficient (Wildman–Crippen LogP) is 0.380. The first-order chi connectivity index (χ1) is 6.58. The van der Waals surface area contributed by atoms with Gasteiger partial charge in [-0.3, -0.25) is 4.79 Å². The summed E-state index contributed by atoms with van der Waals surface area (Å²) >= 11 is 0. The van der Waals surface area contributed by atoms with Crippen molar-refractivity contribution in [3.63, 3.8) is 0 Å². The molecule has 0 radical (unpaired) electrons. The summed E-state index contributed by atoms with van der Waals surface area (Å²) in [7, 11) is 0. The van der Waals surface area contributed by atoms with Crippen molar-refractivity contribution in [3.05, 3.63) is 12.2 Å². The first-order valence-electron chi connectivity index (χ1n) is 4.82. The minimum absolute atomic E-state index is 0.214. The van der Waals surface area contributed by atoms with Gasteiger partial charge in [-0.2, -0.15) is 0 Å². The zero-order valence-corrected chi connectivity index (χ0v) is 8.22. The van der Waals surface area contributed by atoms with Crippen LogP contribution in [0, 0.1) is 0 Å². The molecular formula is C10H16O4. The first-order valence-corrected chi connectivity index (χ1v) is 4.82. The molecule has 4 heteroatoms. The van der Waals surface area contributed by atoms with Crippen LogP contribution < -0.4 is 0 Å². The van der Waals surface area contributed by atoms with Gasteiger partial charge < -0.3 is 14.9 Å². The Balaban J connectivity index is 2.60. The fraction of sp³-hybridized carbons (Fsp3) is 0.700. The fourth-order valence-corrected chi connectivity index (χ4v) is 1.37. The number of carbonyl (C=O) groups excluding carboxylic acids is 1. The number of aliphatic hydroxyl groups is 2. The SMILES string of the molecule is C[C@@H]1C[C@H](O)/C=C\[C@@H](O)CCC(=O)O1. The highest BCUT2D eigenvalue weighted by atomic mass is 16.5. The van der Waals surface area contributed by atoms with Gasteiger partial charge >= 0.3 is 5.97 Å². The molecule has 0 unspecified atom stereocenters. The average Bonchev–Trinajstić information content (AvgIpc) is 2.10. The summed E-state index contributed by atoms with van der Waals surface area (Å²) in [5.41, 5.74) is 0. The number of hydrogen-bond donors (Lipinski definition) is 2. The number of cyclic esters (lactones) is 1. The number of aliphatic hydroxyl groups excluding tert-OH is 2. The third-order valence-corrected chi connectivity index (χ3v) is 2.11. The molecular weight excluding hydrogens is 184 g/mol.